The SMILES string of the molecule is CCCCCCCCCCCCCCCCCCCCCCCNS(=O)(=O)CCS(=O)(=O)O. The highest BCUT2D eigenvalue weighted by Crippen LogP contribution is 2.15. The van der Waals surface area contributed by atoms with Crippen LogP contribution in [-0.2, 0) is 20.1 Å². The summed E-state index contributed by atoms with van der Waals surface area (Å²) in [6, 6.07) is 0. The number of nitrogens with one attached hydrogen (secondary N) is 1. The molecule has 0 saturated carbocycles. The van der Waals surface area contributed by atoms with Crippen LogP contribution >= 0.6 is 0 Å². The molecule has 0 aliphatic rings. The van der Waals surface area contributed by atoms with Gasteiger partial charge in [0, 0.05) is 6.54 Å². The lowest BCUT2D eigenvalue weighted by Crippen LogP contribution is -2.30. The minimum atomic E-state index is -4.24. The van der Waals surface area contributed by atoms with E-state index in [0.717, 1.165) is 19.3 Å². The van der Waals surface area contributed by atoms with Gasteiger partial charge in [-0.15, -0.1) is 0 Å². The molecule has 0 fully saturated rings. The third-order valence-electron chi connectivity index (χ3n) is 6.21. The fourth-order valence-corrected chi connectivity index (χ4v) is 6.39. The Kier molecular flexibility index (Phi) is 22.2. The lowest BCUT2D eigenvalue weighted by atomic mass is 10.0. The molecule has 0 unspecified atom stereocenters. The highest BCUT2D eigenvalue weighted by Gasteiger charge is 2.14. The summed E-state index contributed by atoms with van der Waals surface area (Å²) in [7, 11) is -7.87. The van der Waals surface area contributed by atoms with Gasteiger partial charge >= 0.3 is 0 Å². The first-order valence-corrected chi connectivity index (χ1v) is 17.0. The van der Waals surface area contributed by atoms with Gasteiger partial charge in [0.25, 0.3) is 10.1 Å². The van der Waals surface area contributed by atoms with Gasteiger partial charge in [0.15, 0.2) is 0 Å². The Bertz CT molecular complexity index is 621. The van der Waals surface area contributed by atoms with Crippen LogP contribution in [0.15, 0.2) is 0 Å². The van der Waals surface area contributed by atoms with Crippen LogP contribution in [0.2, 0.25) is 0 Å². The maximum absolute atomic E-state index is 11.6. The number of rotatable bonds is 26. The smallest absolute Gasteiger partial charge is 0.265 e. The van der Waals surface area contributed by atoms with E-state index in [4.69, 9.17) is 4.55 Å². The van der Waals surface area contributed by atoms with Crippen molar-refractivity contribution in [2.24, 2.45) is 0 Å². The van der Waals surface area contributed by atoms with Crippen LogP contribution in [0.3, 0.4) is 0 Å². The van der Waals surface area contributed by atoms with Crippen molar-refractivity contribution in [2.45, 2.75) is 142 Å². The minimum Gasteiger partial charge on any atom is -0.286 e. The number of unbranched alkanes of at least 4 members (excludes halogenated alkanes) is 20. The molecule has 0 saturated heterocycles. The first-order chi connectivity index (χ1) is 15.8. The molecule has 0 amide bonds. The average molecular weight is 512 g/mol. The molecule has 0 atom stereocenters. The Balaban J connectivity index is 3.23. The summed E-state index contributed by atoms with van der Waals surface area (Å²) in [5, 5.41) is 0. The molecule has 0 radical (unpaired) electrons. The van der Waals surface area contributed by atoms with E-state index in [0.29, 0.717) is 6.54 Å². The molecule has 8 heteroatoms. The van der Waals surface area contributed by atoms with Crippen LogP contribution in [-0.4, -0.2) is 39.4 Å². The van der Waals surface area contributed by atoms with Crippen molar-refractivity contribution >= 4 is 20.1 Å². The van der Waals surface area contributed by atoms with Crippen LogP contribution < -0.4 is 4.72 Å². The van der Waals surface area contributed by atoms with E-state index in [2.05, 4.69) is 11.6 Å². The van der Waals surface area contributed by atoms with Crippen LogP contribution in [0.4, 0.5) is 0 Å². The third kappa shape index (κ3) is 27.9. The lowest BCUT2D eigenvalue weighted by Gasteiger charge is -2.06. The van der Waals surface area contributed by atoms with Gasteiger partial charge in [0.2, 0.25) is 10.0 Å². The molecule has 0 bridgehead atoms. The first kappa shape index (κ1) is 32.8. The molecule has 200 valence electrons. The molecule has 6 nitrogen and oxygen atoms in total. The molecule has 0 rings (SSSR count). The largest absolute Gasteiger partial charge is 0.286 e. The van der Waals surface area contributed by atoms with Crippen LogP contribution in [0.5, 0.6) is 0 Å². The Morgan fingerprint density at radius 3 is 1.09 bits per heavy atom. The van der Waals surface area contributed by atoms with E-state index in [1.807, 2.05) is 0 Å². The van der Waals surface area contributed by atoms with E-state index >= 15 is 0 Å². The maximum Gasteiger partial charge on any atom is 0.265 e. The molecule has 33 heavy (non-hydrogen) atoms. The second-order valence-corrected chi connectivity index (χ2v) is 13.1. The van der Waals surface area contributed by atoms with Gasteiger partial charge in [-0.05, 0) is 6.42 Å². The van der Waals surface area contributed by atoms with Gasteiger partial charge in [0.1, 0.15) is 0 Å². The van der Waals surface area contributed by atoms with Crippen molar-refractivity contribution in [1.82, 2.24) is 4.72 Å². The number of hydrogen-bond donors (Lipinski definition) is 2. The second kappa shape index (κ2) is 22.3. The minimum absolute atomic E-state index is 0.326. The van der Waals surface area contributed by atoms with E-state index < -0.39 is 31.6 Å². The van der Waals surface area contributed by atoms with E-state index in [1.54, 1.807) is 0 Å². The fraction of sp³-hybridized carbons (Fsp3) is 1.00. The van der Waals surface area contributed by atoms with Gasteiger partial charge in [-0.1, -0.05) is 135 Å². The van der Waals surface area contributed by atoms with Crippen LogP contribution in [0, 0.1) is 0 Å². The van der Waals surface area contributed by atoms with E-state index in [1.165, 1.54) is 116 Å². The predicted octanol–water partition coefficient (Wildman–Crippen LogP) is 7.01. The molecule has 0 aromatic carbocycles. The summed E-state index contributed by atoms with van der Waals surface area (Å²) in [6.45, 7) is 2.60. The highest BCUT2D eigenvalue weighted by molar-refractivity contribution is 7.91. The van der Waals surface area contributed by atoms with Crippen molar-refractivity contribution < 1.29 is 21.4 Å². The number of sulfonamides is 1. The van der Waals surface area contributed by atoms with Crippen molar-refractivity contribution in [1.29, 1.82) is 0 Å². The summed E-state index contributed by atoms with van der Waals surface area (Å²) in [5.74, 6) is -1.35. The van der Waals surface area contributed by atoms with Crippen molar-refractivity contribution in [3.63, 3.8) is 0 Å². The zero-order chi connectivity index (χ0) is 24.7. The first-order valence-electron chi connectivity index (χ1n) is 13.7. The third-order valence-corrected chi connectivity index (χ3v) is 8.58. The van der Waals surface area contributed by atoms with E-state index in [9.17, 15) is 16.8 Å². The van der Waals surface area contributed by atoms with Gasteiger partial charge in [0.05, 0.1) is 11.5 Å². The summed E-state index contributed by atoms with van der Waals surface area (Å²) >= 11 is 0. The number of hydrogen-bond acceptors (Lipinski definition) is 4. The Morgan fingerprint density at radius 2 is 0.788 bits per heavy atom. The maximum atomic E-state index is 11.6. The Hall–Kier alpha value is -0.180. The molecule has 0 aromatic heterocycles. The van der Waals surface area contributed by atoms with Gasteiger partial charge in [-0.2, -0.15) is 8.42 Å². The summed E-state index contributed by atoms with van der Waals surface area (Å²) < 4.78 is 55.4. The highest BCUT2D eigenvalue weighted by atomic mass is 32.2. The van der Waals surface area contributed by atoms with Crippen LogP contribution in [0.1, 0.15) is 142 Å². The summed E-state index contributed by atoms with van der Waals surface area (Å²) in [5.41, 5.74) is 0. The van der Waals surface area contributed by atoms with E-state index in [-0.39, 0.29) is 0 Å². The van der Waals surface area contributed by atoms with Gasteiger partial charge < -0.3 is 0 Å². The topological polar surface area (TPSA) is 101 Å². The summed E-state index contributed by atoms with van der Waals surface area (Å²) in [6.07, 6.45) is 27.5. The molecule has 0 spiro atoms. The Morgan fingerprint density at radius 1 is 0.485 bits per heavy atom. The van der Waals surface area contributed by atoms with Gasteiger partial charge in [-0.25, -0.2) is 13.1 Å². The van der Waals surface area contributed by atoms with Crippen LogP contribution in [0.25, 0.3) is 0 Å². The molecular formula is C25H53NO5S2. The molecule has 0 aliphatic heterocycles. The normalized spacial score (nSPS) is 12.4. The summed E-state index contributed by atoms with van der Waals surface area (Å²) in [4.78, 5) is 0. The molecular weight excluding hydrogens is 458 g/mol. The van der Waals surface area contributed by atoms with Gasteiger partial charge in [-0.3, -0.25) is 4.55 Å². The predicted molar refractivity (Wildman–Crippen MR) is 141 cm³/mol. The fourth-order valence-electron chi connectivity index (χ4n) is 4.07. The molecule has 0 aromatic rings. The molecule has 0 heterocycles. The standard InChI is InChI=1S/C25H53NO5S2/c1-2-3-4-5-6-7-8-9-10-11-12-13-14-15-16-17-18-19-20-21-22-23-26-32(27,28)24-25-33(29,30)31/h26H,2-25H2,1H3,(H,29,30,31). The second-order valence-electron chi connectivity index (χ2n) is 9.57. The zero-order valence-electron chi connectivity index (χ0n) is 21.4. The zero-order valence-corrected chi connectivity index (χ0v) is 23.0. The van der Waals surface area contributed by atoms with Crippen molar-refractivity contribution in [3.8, 4) is 0 Å². The monoisotopic (exact) mass is 511 g/mol. The molecule has 2 N–H and O–H groups in total. The Labute approximate surface area is 205 Å². The lowest BCUT2D eigenvalue weighted by molar-refractivity contribution is 0.483. The quantitative estimate of drug-likeness (QED) is 0.0961. The van der Waals surface area contributed by atoms with Crippen molar-refractivity contribution in [2.75, 3.05) is 18.1 Å². The van der Waals surface area contributed by atoms with Crippen molar-refractivity contribution in [3.05, 3.63) is 0 Å². The average Bonchev–Trinajstić information content (AvgIpc) is 2.75. The molecule has 0 aliphatic carbocycles.